The van der Waals surface area contributed by atoms with E-state index >= 15 is 0 Å². The van der Waals surface area contributed by atoms with Crippen LogP contribution in [0, 0.1) is 0 Å². The number of nitrogens with two attached hydrogens (primary N) is 4. The first-order chi connectivity index (χ1) is 19.0. The molecular formula is C26H31N11O3. The summed E-state index contributed by atoms with van der Waals surface area (Å²) in [6, 6.07) is 13.6. The molecule has 0 bridgehead atoms. The van der Waals surface area contributed by atoms with Crippen molar-refractivity contribution < 1.29 is 14.4 Å². The monoisotopic (exact) mass is 545 g/mol. The number of carbonyl (C=O) groups is 3. The molecule has 0 aliphatic rings. The van der Waals surface area contributed by atoms with Gasteiger partial charge in [0, 0.05) is 39.6 Å². The fourth-order valence-corrected chi connectivity index (χ4v) is 4.13. The lowest BCUT2D eigenvalue weighted by molar-refractivity contribution is 0.0754. The van der Waals surface area contributed by atoms with Crippen LogP contribution in [0.4, 0.5) is 5.69 Å². The number of fused-ring (bicyclic) bond motifs is 2. The number of hydrogen-bond acceptors (Lipinski definition) is 5. The van der Waals surface area contributed by atoms with E-state index in [4.69, 9.17) is 22.9 Å². The molecule has 0 spiro atoms. The highest BCUT2D eigenvalue weighted by molar-refractivity contribution is 6.08. The van der Waals surface area contributed by atoms with Crippen molar-refractivity contribution >= 4 is 57.1 Å². The number of benzene rings is 2. The van der Waals surface area contributed by atoms with Gasteiger partial charge in [0.05, 0.1) is 0 Å². The summed E-state index contributed by atoms with van der Waals surface area (Å²) in [5.41, 5.74) is 24.4. The number of amides is 3. The second-order valence-corrected chi connectivity index (χ2v) is 9.08. The lowest BCUT2D eigenvalue weighted by Gasteiger charge is -2.15. The Morgan fingerprint density at radius 1 is 0.875 bits per heavy atom. The number of nitrogens with one attached hydrogen (secondary N) is 4. The van der Waals surface area contributed by atoms with Crippen molar-refractivity contribution in [1.29, 1.82) is 0 Å². The van der Waals surface area contributed by atoms with Gasteiger partial charge in [-0.05, 0) is 55.8 Å². The molecule has 2 heterocycles. The molecule has 0 saturated heterocycles. The molecule has 0 radical (unpaired) electrons. The highest BCUT2D eigenvalue weighted by Crippen LogP contribution is 2.23. The van der Waals surface area contributed by atoms with Crippen LogP contribution in [0.25, 0.3) is 21.8 Å². The van der Waals surface area contributed by atoms with Crippen LogP contribution in [0.1, 0.15) is 51.6 Å². The molecule has 12 N–H and O–H groups in total. The van der Waals surface area contributed by atoms with E-state index < -0.39 is 6.17 Å². The largest absolute Gasteiger partial charge is 0.370 e. The zero-order valence-electron chi connectivity index (χ0n) is 22.0. The van der Waals surface area contributed by atoms with Crippen molar-refractivity contribution in [2.24, 2.45) is 33.0 Å². The Balaban J connectivity index is 1.50. The molecule has 0 aliphatic heterocycles. The van der Waals surface area contributed by atoms with Gasteiger partial charge < -0.3 is 43.5 Å². The summed E-state index contributed by atoms with van der Waals surface area (Å²) >= 11 is 0. The Bertz CT molecular complexity index is 1640. The highest BCUT2D eigenvalue weighted by atomic mass is 16.2. The van der Waals surface area contributed by atoms with Crippen LogP contribution in [-0.4, -0.2) is 57.3 Å². The molecule has 0 aliphatic carbocycles. The van der Waals surface area contributed by atoms with Crippen LogP contribution < -0.4 is 33.6 Å². The van der Waals surface area contributed by atoms with Gasteiger partial charge in [-0.3, -0.25) is 14.4 Å². The van der Waals surface area contributed by atoms with Gasteiger partial charge in [-0.1, -0.05) is 13.0 Å². The zero-order valence-corrected chi connectivity index (χ0v) is 22.0. The third-order valence-electron chi connectivity index (χ3n) is 5.83. The summed E-state index contributed by atoms with van der Waals surface area (Å²) in [5, 5.41) is 12.1. The molecule has 1 atom stereocenters. The molecule has 0 saturated carbocycles. The minimum atomic E-state index is -0.597. The summed E-state index contributed by atoms with van der Waals surface area (Å²) in [6.07, 6.45) is 0.0697. The number of aliphatic imine (C=N–C) groups is 1. The number of H-pyrrole nitrogens is 2. The maximum atomic E-state index is 13.0. The van der Waals surface area contributed by atoms with Crippen molar-refractivity contribution in [1.82, 2.24) is 20.3 Å². The average Bonchev–Trinajstić information content (AvgIpc) is 3.51. The van der Waals surface area contributed by atoms with E-state index in [0.29, 0.717) is 52.0 Å². The van der Waals surface area contributed by atoms with Crippen molar-refractivity contribution in [2.75, 3.05) is 11.9 Å². The molecule has 14 heteroatoms. The zero-order chi connectivity index (χ0) is 29.0. The van der Waals surface area contributed by atoms with E-state index in [2.05, 4.69) is 30.7 Å². The molecule has 3 amide bonds. The normalized spacial score (nSPS) is 11.6. The number of hydrazone groups is 1. The smallest absolute Gasteiger partial charge is 0.290 e. The van der Waals surface area contributed by atoms with Gasteiger partial charge in [-0.15, -0.1) is 5.10 Å². The van der Waals surface area contributed by atoms with Crippen molar-refractivity contribution in [3.05, 3.63) is 65.5 Å². The van der Waals surface area contributed by atoms with Crippen LogP contribution in [-0.2, 0) is 0 Å². The third-order valence-corrected chi connectivity index (χ3v) is 5.83. The second-order valence-electron chi connectivity index (χ2n) is 9.08. The van der Waals surface area contributed by atoms with Gasteiger partial charge in [0.1, 0.15) is 17.6 Å². The van der Waals surface area contributed by atoms with Crippen LogP contribution in [0.5, 0.6) is 0 Å². The summed E-state index contributed by atoms with van der Waals surface area (Å²) in [7, 11) is 0. The molecule has 1 unspecified atom stereocenters. The summed E-state index contributed by atoms with van der Waals surface area (Å²) < 4.78 is 0. The standard InChI is InChI=1S/C26H31N11O3/c1-3-8-37(36-26(29)30)24(40)21-10-14-4-6-17(12-19(14)35-21)33-23(39)20-11-16-9-15(5-7-18(16)34-20)22(38)31-13(2)32-25(27)28/h4-7,9-13,34-35H,3,8H2,1-2H3,(H,31,38)(H,33,39)(H4,27,28,32)(H4,29,30,36). The maximum Gasteiger partial charge on any atom is 0.290 e. The Labute approximate surface area is 228 Å². The lowest BCUT2D eigenvalue weighted by atomic mass is 10.1. The molecule has 4 aromatic rings. The minimum absolute atomic E-state index is 0.129. The van der Waals surface area contributed by atoms with E-state index in [1.807, 2.05) is 6.92 Å². The van der Waals surface area contributed by atoms with Crippen molar-refractivity contribution in [2.45, 2.75) is 26.4 Å². The number of guanidine groups is 2. The molecule has 208 valence electrons. The molecule has 2 aromatic heterocycles. The van der Waals surface area contributed by atoms with Gasteiger partial charge >= 0.3 is 0 Å². The molecular weight excluding hydrogens is 514 g/mol. The number of aromatic nitrogens is 2. The van der Waals surface area contributed by atoms with Gasteiger partial charge in [-0.25, -0.2) is 10.0 Å². The SMILES string of the molecule is CCCN(N=C(N)N)C(=O)c1cc2ccc(NC(=O)c3cc4cc(C(=O)NC(C)N=C(N)N)ccc4[nH]3)cc2[nH]1. The van der Waals surface area contributed by atoms with Crippen LogP contribution in [0.15, 0.2) is 58.6 Å². The van der Waals surface area contributed by atoms with Crippen LogP contribution in [0.3, 0.4) is 0 Å². The van der Waals surface area contributed by atoms with Gasteiger partial charge in [0.2, 0.25) is 5.96 Å². The fourth-order valence-electron chi connectivity index (χ4n) is 4.13. The lowest BCUT2D eigenvalue weighted by Crippen LogP contribution is -2.35. The van der Waals surface area contributed by atoms with Gasteiger partial charge in [-0.2, -0.15) is 0 Å². The van der Waals surface area contributed by atoms with Crippen LogP contribution >= 0.6 is 0 Å². The number of rotatable bonds is 9. The number of hydrogen-bond donors (Lipinski definition) is 8. The average molecular weight is 546 g/mol. The Morgan fingerprint density at radius 3 is 2.30 bits per heavy atom. The number of anilines is 1. The molecule has 0 fully saturated rings. The third kappa shape index (κ3) is 6.30. The summed E-state index contributed by atoms with van der Waals surface area (Å²) in [4.78, 5) is 48.4. The van der Waals surface area contributed by atoms with Crippen LogP contribution in [0.2, 0.25) is 0 Å². The van der Waals surface area contributed by atoms with Gasteiger partial charge in [0.25, 0.3) is 17.7 Å². The Hall–Kier alpha value is -5.53. The first-order valence-electron chi connectivity index (χ1n) is 12.4. The van der Waals surface area contributed by atoms with E-state index in [9.17, 15) is 14.4 Å². The van der Waals surface area contributed by atoms with E-state index in [1.54, 1.807) is 55.5 Å². The predicted octanol–water partition coefficient (Wildman–Crippen LogP) is 1.29. The minimum Gasteiger partial charge on any atom is -0.370 e. The summed E-state index contributed by atoms with van der Waals surface area (Å²) in [6.45, 7) is 3.90. The Morgan fingerprint density at radius 2 is 1.60 bits per heavy atom. The second kappa shape index (κ2) is 11.5. The highest BCUT2D eigenvalue weighted by Gasteiger charge is 2.18. The molecule has 40 heavy (non-hydrogen) atoms. The molecule has 2 aromatic carbocycles. The first-order valence-corrected chi connectivity index (χ1v) is 12.4. The number of nitrogens with zero attached hydrogens (tertiary/aromatic N) is 3. The predicted molar refractivity (Wildman–Crippen MR) is 154 cm³/mol. The number of aromatic amines is 2. The van der Waals surface area contributed by atoms with Gasteiger partial charge in [0.15, 0.2) is 5.96 Å². The Kier molecular flexibility index (Phi) is 7.89. The summed E-state index contributed by atoms with van der Waals surface area (Å²) in [5.74, 6) is -1.46. The van der Waals surface area contributed by atoms with E-state index in [1.165, 1.54) is 5.01 Å². The van der Waals surface area contributed by atoms with E-state index in [0.717, 1.165) is 5.39 Å². The maximum absolute atomic E-state index is 13.0. The van der Waals surface area contributed by atoms with E-state index in [-0.39, 0.29) is 29.6 Å². The number of carbonyl (C=O) groups excluding carboxylic acids is 3. The first kappa shape index (κ1) is 27.5. The van der Waals surface area contributed by atoms with Crippen molar-refractivity contribution in [3.63, 3.8) is 0 Å². The molecule has 4 rings (SSSR count). The quantitative estimate of drug-likeness (QED) is 0.0869. The molecule has 14 nitrogen and oxygen atoms in total. The fraction of sp³-hybridized carbons (Fsp3) is 0.192. The topological polar surface area (TPSA) is 239 Å². The van der Waals surface area contributed by atoms with Crippen molar-refractivity contribution in [3.8, 4) is 0 Å².